The van der Waals surface area contributed by atoms with Gasteiger partial charge in [0.1, 0.15) is 5.75 Å². The quantitative estimate of drug-likeness (QED) is 0.382. The minimum Gasteiger partial charge on any atom is -0.507 e. The Balaban J connectivity index is 1.82. The number of halogens is 1. The summed E-state index contributed by atoms with van der Waals surface area (Å²) >= 11 is 5.00. The first kappa shape index (κ1) is 19.3. The SMILES string of the molecule is C=CCc1cccc(/C=N/NC(=O)CSCc2ccccc2Br)c1O. The van der Waals surface area contributed by atoms with Gasteiger partial charge in [0.15, 0.2) is 0 Å². The van der Waals surface area contributed by atoms with Crippen LogP contribution in [0, 0.1) is 0 Å². The third-order valence-electron chi connectivity index (χ3n) is 3.36. The third kappa shape index (κ3) is 6.07. The Labute approximate surface area is 160 Å². The van der Waals surface area contributed by atoms with Crippen LogP contribution in [0.15, 0.2) is 64.7 Å². The van der Waals surface area contributed by atoms with Crippen LogP contribution in [0.5, 0.6) is 5.75 Å². The molecule has 0 aliphatic heterocycles. The van der Waals surface area contributed by atoms with Crippen molar-refractivity contribution in [2.45, 2.75) is 12.2 Å². The van der Waals surface area contributed by atoms with Crippen molar-refractivity contribution in [3.63, 3.8) is 0 Å². The van der Waals surface area contributed by atoms with Crippen molar-refractivity contribution < 1.29 is 9.90 Å². The molecular formula is C19H19BrN2O2S. The van der Waals surface area contributed by atoms with Gasteiger partial charge in [0.05, 0.1) is 12.0 Å². The van der Waals surface area contributed by atoms with Crippen LogP contribution in [0.1, 0.15) is 16.7 Å². The van der Waals surface area contributed by atoms with E-state index in [2.05, 4.69) is 33.0 Å². The number of carbonyl (C=O) groups is 1. The number of hydrazone groups is 1. The molecule has 0 saturated carbocycles. The summed E-state index contributed by atoms with van der Waals surface area (Å²) in [5.41, 5.74) is 4.95. The molecule has 0 aliphatic rings. The Morgan fingerprint density at radius 1 is 1.24 bits per heavy atom. The smallest absolute Gasteiger partial charge is 0.250 e. The summed E-state index contributed by atoms with van der Waals surface area (Å²) in [6.45, 7) is 3.66. The molecule has 0 heterocycles. The first-order valence-electron chi connectivity index (χ1n) is 7.66. The van der Waals surface area contributed by atoms with E-state index in [1.54, 1.807) is 12.1 Å². The summed E-state index contributed by atoms with van der Waals surface area (Å²) in [5.74, 6) is 1.02. The van der Waals surface area contributed by atoms with Gasteiger partial charge in [-0.15, -0.1) is 18.3 Å². The monoisotopic (exact) mass is 418 g/mol. The molecule has 0 radical (unpaired) electrons. The fraction of sp³-hybridized carbons (Fsp3) is 0.158. The molecule has 0 saturated heterocycles. The van der Waals surface area contributed by atoms with Crippen molar-refractivity contribution in [3.05, 3.63) is 76.3 Å². The maximum absolute atomic E-state index is 11.8. The highest BCUT2D eigenvalue weighted by atomic mass is 79.9. The van der Waals surface area contributed by atoms with Crippen molar-refractivity contribution in [3.8, 4) is 5.75 Å². The summed E-state index contributed by atoms with van der Waals surface area (Å²) in [7, 11) is 0. The average Bonchev–Trinajstić information content (AvgIpc) is 2.60. The van der Waals surface area contributed by atoms with Crippen molar-refractivity contribution in [1.82, 2.24) is 5.43 Å². The molecule has 25 heavy (non-hydrogen) atoms. The van der Waals surface area contributed by atoms with E-state index >= 15 is 0 Å². The molecule has 2 rings (SSSR count). The highest BCUT2D eigenvalue weighted by Gasteiger charge is 2.05. The van der Waals surface area contributed by atoms with Crippen LogP contribution >= 0.6 is 27.7 Å². The predicted octanol–water partition coefficient (Wildman–Crippen LogP) is 4.27. The largest absolute Gasteiger partial charge is 0.507 e. The predicted molar refractivity (Wildman–Crippen MR) is 108 cm³/mol. The minimum atomic E-state index is -0.185. The molecule has 130 valence electrons. The number of rotatable bonds is 8. The zero-order chi connectivity index (χ0) is 18.1. The number of nitrogens with one attached hydrogen (secondary N) is 1. The van der Waals surface area contributed by atoms with Gasteiger partial charge < -0.3 is 5.11 Å². The number of amides is 1. The second-order valence-corrected chi connectivity index (χ2v) is 7.07. The number of benzene rings is 2. The lowest BCUT2D eigenvalue weighted by Gasteiger charge is -2.05. The summed E-state index contributed by atoms with van der Waals surface area (Å²) in [6.07, 6.45) is 3.74. The Morgan fingerprint density at radius 2 is 2.00 bits per heavy atom. The molecule has 0 spiro atoms. The lowest BCUT2D eigenvalue weighted by Crippen LogP contribution is -2.19. The molecule has 1 amide bonds. The van der Waals surface area contributed by atoms with Gasteiger partial charge in [0.2, 0.25) is 5.91 Å². The van der Waals surface area contributed by atoms with Gasteiger partial charge in [-0.1, -0.05) is 52.3 Å². The molecule has 0 bridgehead atoms. The number of carbonyl (C=O) groups excluding carboxylic acids is 1. The second kappa shape index (κ2) is 10.1. The summed E-state index contributed by atoms with van der Waals surface area (Å²) in [6, 6.07) is 13.3. The van der Waals surface area contributed by atoms with Crippen LogP contribution in [-0.2, 0) is 17.0 Å². The van der Waals surface area contributed by atoms with Crippen molar-refractivity contribution in [2.24, 2.45) is 5.10 Å². The topological polar surface area (TPSA) is 61.7 Å². The van der Waals surface area contributed by atoms with E-state index in [0.717, 1.165) is 21.4 Å². The number of phenols is 1. The number of hydrogen-bond acceptors (Lipinski definition) is 4. The van der Waals surface area contributed by atoms with Crippen LogP contribution in [0.4, 0.5) is 0 Å². The van der Waals surface area contributed by atoms with Crippen molar-refractivity contribution >= 4 is 39.8 Å². The van der Waals surface area contributed by atoms with Gasteiger partial charge in [-0.3, -0.25) is 4.79 Å². The van der Waals surface area contributed by atoms with E-state index in [0.29, 0.717) is 17.7 Å². The molecule has 4 nitrogen and oxygen atoms in total. The van der Waals surface area contributed by atoms with Crippen LogP contribution in [-0.4, -0.2) is 23.0 Å². The molecule has 6 heteroatoms. The van der Waals surface area contributed by atoms with Gasteiger partial charge in [-0.2, -0.15) is 5.10 Å². The van der Waals surface area contributed by atoms with Crippen LogP contribution in [0.25, 0.3) is 0 Å². The van der Waals surface area contributed by atoms with Gasteiger partial charge in [-0.25, -0.2) is 5.43 Å². The number of phenolic OH excluding ortho intramolecular Hbond substituents is 1. The Hall–Kier alpha value is -2.05. The number of thioether (sulfide) groups is 1. The van der Waals surface area contributed by atoms with Crippen LogP contribution < -0.4 is 5.43 Å². The second-order valence-electron chi connectivity index (χ2n) is 5.23. The van der Waals surface area contributed by atoms with Crippen LogP contribution in [0.3, 0.4) is 0 Å². The Bertz CT molecular complexity index is 778. The number of para-hydroxylation sites is 1. The van der Waals surface area contributed by atoms with Crippen molar-refractivity contribution in [1.29, 1.82) is 0 Å². The molecule has 0 unspecified atom stereocenters. The molecule has 2 aromatic carbocycles. The lowest BCUT2D eigenvalue weighted by atomic mass is 10.1. The number of aromatic hydroxyl groups is 1. The summed E-state index contributed by atoms with van der Waals surface area (Å²) < 4.78 is 1.04. The lowest BCUT2D eigenvalue weighted by molar-refractivity contribution is -0.118. The van der Waals surface area contributed by atoms with Crippen molar-refractivity contribution in [2.75, 3.05) is 5.75 Å². The fourth-order valence-electron chi connectivity index (χ4n) is 2.11. The minimum absolute atomic E-state index is 0.156. The van der Waals surface area contributed by atoms with E-state index in [1.807, 2.05) is 36.4 Å². The van der Waals surface area contributed by atoms with Crippen LogP contribution in [0.2, 0.25) is 0 Å². The molecule has 0 aromatic heterocycles. The fourth-order valence-corrected chi connectivity index (χ4v) is 3.55. The molecule has 0 aliphatic carbocycles. The van der Waals surface area contributed by atoms with E-state index in [-0.39, 0.29) is 11.7 Å². The first-order valence-corrected chi connectivity index (χ1v) is 9.61. The highest BCUT2D eigenvalue weighted by Crippen LogP contribution is 2.22. The van der Waals surface area contributed by atoms with Gasteiger partial charge in [-0.05, 0) is 29.7 Å². The normalized spacial score (nSPS) is 10.8. The molecule has 2 N–H and O–H groups in total. The van der Waals surface area contributed by atoms with E-state index < -0.39 is 0 Å². The maximum Gasteiger partial charge on any atom is 0.250 e. The van der Waals surface area contributed by atoms with Gasteiger partial charge in [0.25, 0.3) is 0 Å². The summed E-state index contributed by atoms with van der Waals surface area (Å²) in [4.78, 5) is 11.8. The zero-order valence-electron chi connectivity index (χ0n) is 13.6. The Kier molecular flexibility index (Phi) is 7.76. The standard InChI is InChI=1S/C19H19BrN2O2S/c1-2-6-14-8-5-9-15(19(14)24)11-21-22-18(23)13-25-12-16-7-3-4-10-17(16)20/h2-5,7-11,24H,1,6,12-13H2,(H,22,23)/b21-11+. The van der Waals surface area contributed by atoms with E-state index in [1.165, 1.54) is 18.0 Å². The summed E-state index contributed by atoms with van der Waals surface area (Å²) in [5, 5.41) is 14.0. The number of nitrogens with zero attached hydrogens (tertiary/aromatic N) is 1. The number of allylic oxidation sites excluding steroid dienone is 1. The zero-order valence-corrected chi connectivity index (χ0v) is 16.0. The van der Waals surface area contributed by atoms with Gasteiger partial charge in [0, 0.05) is 15.8 Å². The van der Waals surface area contributed by atoms with E-state index in [4.69, 9.17) is 0 Å². The third-order valence-corrected chi connectivity index (χ3v) is 5.11. The van der Waals surface area contributed by atoms with E-state index in [9.17, 15) is 9.90 Å². The average molecular weight is 419 g/mol. The Morgan fingerprint density at radius 3 is 2.76 bits per heavy atom. The number of hydrogen-bond donors (Lipinski definition) is 2. The van der Waals surface area contributed by atoms with Gasteiger partial charge >= 0.3 is 0 Å². The maximum atomic E-state index is 11.8. The highest BCUT2D eigenvalue weighted by molar-refractivity contribution is 9.10. The molecule has 0 atom stereocenters. The molecular weight excluding hydrogens is 400 g/mol. The molecule has 2 aromatic rings. The molecule has 0 fully saturated rings. The first-order chi connectivity index (χ1) is 12.1.